The molecule has 5 atom stereocenters. The van der Waals surface area contributed by atoms with Crippen LogP contribution in [0.2, 0.25) is 0 Å². The van der Waals surface area contributed by atoms with Crippen molar-refractivity contribution >= 4 is 11.9 Å². The molecule has 0 aromatic heterocycles. The number of amides is 1. The molecule has 1 aromatic carbocycles. The van der Waals surface area contributed by atoms with Crippen LogP contribution in [0.25, 0.3) is 0 Å². The van der Waals surface area contributed by atoms with Gasteiger partial charge < -0.3 is 39.6 Å². The Hall–Kier alpha value is -2.40. The molecule has 1 amide bonds. The van der Waals surface area contributed by atoms with Gasteiger partial charge in [0.2, 0.25) is 12.2 Å². The average molecular weight is 385 g/mol. The van der Waals surface area contributed by atoms with Gasteiger partial charge in [-0.25, -0.2) is 4.79 Å². The molecule has 0 radical (unpaired) electrons. The SMILES string of the molecule is COC(=O)c1ccc(O[C@H]2O[C@@H](CO)[C@@H](O)[C@H](O)[C@@H]2NC(C)=O)c(OC)c1. The predicted octanol–water partition coefficient (Wildman–Crippen LogP) is -1.20. The second-order valence-electron chi connectivity index (χ2n) is 5.91. The molecule has 1 aliphatic rings. The normalized spacial score (nSPS) is 27.6. The molecular formula is C17H23NO9. The molecule has 10 heteroatoms. The van der Waals surface area contributed by atoms with E-state index in [4.69, 9.17) is 14.2 Å². The second kappa shape index (κ2) is 9.00. The van der Waals surface area contributed by atoms with Gasteiger partial charge in [-0.05, 0) is 18.2 Å². The lowest BCUT2D eigenvalue weighted by atomic mass is 9.97. The van der Waals surface area contributed by atoms with E-state index in [0.29, 0.717) is 0 Å². The fourth-order valence-electron chi connectivity index (χ4n) is 2.71. The molecule has 1 saturated heterocycles. The number of hydrogen-bond donors (Lipinski definition) is 4. The third kappa shape index (κ3) is 4.66. The fourth-order valence-corrected chi connectivity index (χ4v) is 2.71. The lowest BCUT2D eigenvalue weighted by Gasteiger charge is -2.42. The van der Waals surface area contributed by atoms with Crippen LogP contribution in [-0.2, 0) is 14.3 Å². The van der Waals surface area contributed by atoms with E-state index in [9.17, 15) is 24.9 Å². The summed E-state index contributed by atoms with van der Waals surface area (Å²) < 4.78 is 21.1. The van der Waals surface area contributed by atoms with E-state index in [-0.39, 0.29) is 17.1 Å². The first-order valence-corrected chi connectivity index (χ1v) is 8.15. The Kier molecular flexibility index (Phi) is 6.97. The van der Waals surface area contributed by atoms with Gasteiger partial charge in [0, 0.05) is 6.92 Å². The molecule has 27 heavy (non-hydrogen) atoms. The van der Waals surface area contributed by atoms with Gasteiger partial charge in [0.15, 0.2) is 11.5 Å². The number of esters is 1. The van der Waals surface area contributed by atoms with Crippen LogP contribution in [0.4, 0.5) is 0 Å². The number of rotatable bonds is 6. The Bertz CT molecular complexity index is 680. The van der Waals surface area contributed by atoms with Crippen molar-refractivity contribution in [1.29, 1.82) is 0 Å². The van der Waals surface area contributed by atoms with E-state index >= 15 is 0 Å². The van der Waals surface area contributed by atoms with Gasteiger partial charge in [0.25, 0.3) is 0 Å². The van der Waals surface area contributed by atoms with Crippen LogP contribution in [-0.4, -0.2) is 78.7 Å². The van der Waals surface area contributed by atoms with Crippen molar-refractivity contribution in [3.8, 4) is 11.5 Å². The molecule has 0 bridgehead atoms. The van der Waals surface area contributed by atoms with Crippen molar-refractivity contribution in [3.63, 3.8) is 0 Å². The molecule has 1 aliphatic heterocycles. The van der Waals surface area contributed by atoms with E-state index < -0.39 is 49.1 Å². The van der Waals surface area contributed by atoms with E-state index in [1.807, 2.05) is 0 Å². The molecule has 2 rings (SSSR count). The van der Waals surface area contributed by atoms with Crippen molar-refractivity contribution < 1.29 is 43.9 Å². The number of aliphatic hydroxyl groups excluding tert-OH is 3. The number of hydrogen-bond acceptors (Lipinski definition) is 9. The Balaban J connectivity index is 2.30. The maximum Gasteiger partial charge on any atom is 0.337 e. The number of nitrogens with one attached hydrogen (secondary N) is 1. The summed E-state index contributed by atoms with van der Waals surface area (Å²) >= 11 is 0. The van der Waals surface area contributed by atoms with Crippen molar-refractivity contribution in [1.82, 2.24) is 5.32 Å². The predicted molar refractivity (Wildman–Crippen MR) is 90.3 cm³/mol. The summed E-state index contributed by atoms with van der Waals surface area (Å²) in [5.41, 5.74) is 0.230. The zero-order chi connectivity index (χ0) is 20.1. The van der Waals surface area contributed by atoms with E-state index in [1.54, 1.807) is 0 Å². The summed E-state index contributed by atoms with van der Waals surface area (Å²) in [4.78, 5) is 23.1. The first-order chi connectivity index (χ1) is 12.8. The molecule has 1 heterocycles. The summed E-state index contributed by atoms with van der Waals surface area (Å²) in [5.74, 6) is -0.697. The molecule has 0 aliphatic carbocycles. The Labute approximate surface area is 155 Å². The number of carbonyl (C=O) groups excluding carboxylic acids is 2. The van der Waals surface area contributed by atoms with Crippen LogP contribution in [0.3, 0.4) is 0 Å². The van der Waals surface area contributed by atoms with Gasteiger partial charge in [-0.1, -0.05) is 0 Å². The number of ether oxygens (including phenoxy) is 4. The highest BCUT2D eigenvalue weighted by Crippen LogP contribution is 2.32. The maximum absolute atomic E-state index is 11.6. The van der Waals surface area contributed by atoms with Crippen LogP contribution < -0.4 is 14.8 Å². The molecule has 0 saturated carbocycles. The lowest BCUT2D eigenvalue weighted by Crippen LogP contribution is -2.65. The molecule has 10 nitrogen and oxygen atoms in total. The number of methoxy groups -OCH3 is 2. The van der Waals surface area contributed by atoms with Gasteiger partial charge >= 0.3 is 5.97 Å². The average Bonchev–Trinajstić information content (AvgIpc) is 2.66. The highest BCUT2D eigenvalue weighted by molar-refractivity contribution is 5.90. The minimum Gasteiger partial charge on any atom is -0.493 e. The first-order valence-electron chi connectivity index (χ1n) is 8.15. The lowest BCUT2D eigenvalue weighted by molar-refractivity contribution is -0.244. The molecule has 4 N–H and O–H groups in total. The summed E-state index contributed by atoms with van der Waals surface area (Å²) in [6.45, 7) is 0.670. The number of benzene rings is 1. The molecule has 1 aromatic rings. The van der Waals surface area contributed by atoms with Gasteiger partial charge in [0.05, 0.1) is 26.4 Å². The van der Waals surface area contributed by atoms with Crippen LogP contribution in [0.1, 0.15) is 17.3 Å². The zero-order valence-corrected chi connectivity index (χ0v) is 15.1. The Morgan fingerprint density at radius 2 is 1.89 bits per heavy atom. The monoisotopic (exact) mass is 385 g/mol. The van der Waals surface area contributed by atoms with E-state index in [1.165, 1.54) is 39.3 Å². The molecule has 0 unspecified atom stereocenters. The Morgan fingerprint density at radius 1 is 1.19 bits per heavy atom. The molecule has 0 spiro atoms. The van der Waals surface area contributed by atoms with Crippen molar-refractivity contribution in [2.75, 3.05) is 20.8 Å². The van der Waals surface area contributed by atoms with Crippen LogP contribution in [0, 0.1) is 0 Å². The summed E-state index contributed by atoms with van der Waals surface area (Å²) in [5, 5.41) is 32.1. The van der Waals surface area contributed by atoms with Gasteiger partial charge in [-0.3, -0.25) is 4.79 Å². The van der Waals surface area contributed by atoms with Gasteiger partial charge in [0.1, 0.15) is 24.4 Å². The van der Waals surface area contributed by atoms with Crippen molar-refractivity contribution in [2.24, 2.45) is 0 Å². The van der Waals surface area contributed by atoms with Gasteiger partial charge in [-0.15, -0.1) is 0 Å². The standard InChI is InChI=1S/C17H23NO9/c1-8(20)18-13-15(22)14(21)12(7-19)27-17(13)26-10-5-4-9(16(23)25-3)6-11(10)24-2/h4-6,12-15,17,19,21-22H,7H2,1-3H3,(H,18,20)/t12-,13-,14+,15+,17-/m0/s1. The minimum absolute atomic E-state index is 0.158. The number of carbonyl (C=O) groups is 2. The molecule has 1 fully saturated rings. The van der Waals surface area contributed by atoms with Crippen molar-refractivity contribution in [3.05, 3.63) is 23.8 Å². The topological polar surface area (TPSA) is 144 Å². The van der Waals surface area contributed by atoms with Crippen LogP contribution in [0.15, 0.2) is 18.2 Å². The van der Waals surface area contributed by atoms with E-state index in [2.05, 4.69) is 10.1 Å². The molecular weight excluding hydrogens is 362 g/mol. The summed E-state index contributed by atoms with van der Waals surface area (Å²) in [6, 6.07) is 3.16. The Morgan fingerprint density at radius 3 is 2.44 bits per heavy atom. The van der Waals surface area contributed by atoms with Crippen LogP contribution in [0.5, 0.6) is 11.5 Å². The largest absolute Gasteiger partial charge is 0.493 e. The second-order valence-corrected chi connectivity index (χ2v) is 5.91. The highest BCUT2D eigenvalue weighted by atomic mass is 16.7. The maximum atomic E-state index is 11.6. The highest BCUT2D eigenvalue weighted by Gasteiger charge is 2.46. The van der Waals surface area contributed by atoms with Crippen molar-refractivity contribution in [2.45, 2.75) is 37.6 Å². The third-order valence-electron chi connectivity index (χ3n) is 4.08. The fraction of sp³-hybridized carbons (Fsp3) is 0.529. The third-order valence-corrected chi connectivity index (χ3v) is 4.08. The quantitative estimate of drug-likeness (QED) is 0.444. The zero-order valence-electron chi connectivity index (χ0n) is 15.1. The van der Waals surface area contributed by atoms with Crippen LogP contribution >= 0.6 is 0 Å². The minimum atomic E-state index is -1.44. The van der Waals surface area contributed by atoms with E-state index in [0.717, 1.165) is 0 Å². The summed E-state index contributed by atoms with van der Waals surface area (Å²) in [7, 11) is 2.61. The number of aliphatic hydroxyl groups is 3. The molecule has 150 valence electrons. The summed E-state index contributed by atoms with van der Waals surface area (Å²) in [6.07, 6.45) is -5.21. The smallest absolute Gasteiger partial charge is 0.337 e. The first kappa shape index (κ1) is 20.9. The van der Waals surface area contributed by atoms with Gasteiger partial charge in [-0.2, -0.15) is 0 Å².